The van der Waals surface area contributed by atoms with Gasteiger partial charge in [-0.1, -0.05) is 36.4 Å². The van der Waals surface area contributed by atoms with Crippen molar-refractivity contribution in [3.63, 3.8) is 0 Å². The minimum atomic E-state index is -0.530. The van der Waals surface area contributed by atoms with Crippen LogP contribution in [0.5, 0.6) is 0 Å². The maximum atomic E-state index is 12.4. The van der Waals surface area contributed by atoms with E-state index >= 15 is 0 Å². The maximum absolute atomic E-state index is 12.4. The molecule has 1 aliphatic heterocycles. The molecule has 5 nitrogen and oxygen atoms in total. The Labute approximate surface area is 154 Å². The molecule has 1 N–H and O–H groups in total. The molecule has 0 atom stereocenters. The molecule has 2 amide bonds. The second-order valence-electron chi connectivity index (χ2n) is 6.73. The number of rotatable bonds is 3. The van der Waals surface area contributed by atoms with Crippen LogP contribution in [0, 0.1) is 13.8 Å². The number of benzene rings is 2. The van der Waals surface area contributed by atoms with E-state index < -0.39 is 11.8 Å². The molecule has 0 spiro atoms. The van der Waals surface area contributed by atoms with Gasteiger partial charge in [0.25, 0.3) is 0 Å². The zero-order valence-corrected chi connectivity index (χ0v) is 15.4. The molecule has 3 rings (SSSR count). The first kappa shape index (κ1) is 18.0. The molecule has 136 valence electrons. The predicted octanol–water partition coefficient (Wildman–Crippen LogP) is 2.27. The van der Waals surface area contributed by atoms with Crippen LogP contribution in [0.1, 0.15) is 16.7 Å². The highest BCUT2D eigenvalue weighted by Crippen LogP contribution is 2.17. The first-order chi connectivity index (χ1) is 12.5. The van der Waals surface area contributed by atoms with E-state index in [1.807, 2.05) is 37.3 Å². The molecule has 5 heteroatoms. The maximum Gasteiger partial charge on any atom is 0.312 e. The number of carbonyl (C=O) groups excluding carboxylic acids is 2. The van der Waals surface area contributed by atoms with Crippen molar-refractivity contribution in [2.45, 2.75) is 20.4 Å². The third kappa shape index (κ3) is 4.23. The fourth-order valence-electron chi connectivity index (χ4n) is 3.20. The van der Waals surface area contributed by atoms with Crippen LogP contribution in [0.25, 0.3) is 0 Å². The monoisotopic (exact) mass is 351 g/mol. The van der Waals surface area contributed by atoms with Crippen molar-refractivity contribution in [2.24, 2.45) is 0 Å². The van der Waals surface area contributed by atoms with E-state index in [1.165, 1.54) is 11.3 Å². The van der Waals surface area contributed by atoms with Gasteiger partial charge in [-0.05, 0) is 42.7 Å². The van der Waals surface area contributed by atoms with Crippen molar-refractivity contribution >= 4 is 17.5 Å². The molecule has 1 heterocycles. The number of anilines is 1. The van der Waals surface area contributed by atoms with Crippen molar-refractivity contribution in [2.75, 3.05) is 31.1 Å². The quantitative estimate of drug-likeness (QED) is 0.863. The second kappa shape index (κ2) is 8.04. The minimum Gasteiger partial charge on any atom is -0.368 e. The smallest absolute Gasteiger partial charge is 0.312 e. The molecular weight excluding hydrogens is 326 g/mol. The number of nitrogens with zero attached hydrogens (tertiary/aromatic N) is 2. The molecule has 0 unspecified atom stereocenters. The third-order valence-electron chi connectivity index (χ3n) is 4.83. The summed E-state index contributed by atoms with van der Waals surface area (Å²) in [4.78, 5) is 28.5. The Balaban J connectivity index is 1.51. The molecule has 0 saturated carbocycles. The van der Waals surface area contributed by atoms with Crippen molar-refractivity contribution in [1.82, 2.24) is 10.2 Å². The highest BCUT2D eigenvalue weighted by molar-refractivity contribution is 6.35. The molecule has 0 radical (unpaired) electrons. The Morgan fingerprint density at radius 1 is 0.962 bits per heavy atom. The third-order valence-corrected chi connectivity index (χ3v) is 4.83. The summed E-state index contributed by atoms with van der Waals surface area (Å²) in [5.41, 5.74) is 4.52. The molecule has 0 aromatic heterocycles. The normalized spacial score (nSPS) is 14.2. The molecule has 1 saturated heterocycles. The molecule has 0 aliphatic carbocycles. The molecule has 1 aliphatic rings. The SMILES string of the molecule is Cc1cccc(N2CCN(C(=O)C(=O)NCc3ccccc3C)CC2)c1. The number of amides is 2. The van der Waals surface area contributed by atoms with Crippen LogP contribution in [0.4, 0.5) is 5.69 Å². The fourth-order valence-corrected chi connectivity index (χ4v) is 3.20. The van der Waals surface area contributed by atoms with E-state index in [2.05, 4.69) is 35.3 Å². The minimum absolute atomic E-state index is 0.375. The van der Waals surface area contributed by atoms with Crippen LogP contribution in [0.15, 0.2) is 48.5 Å². The average Bonchev–Trinajstić information content (AvgIpc) is 2.66. The summed E-state index contributed by atoms with van der Waals surface area (Å²) in [6, 6.07) is 16.2. The van der Waals surface area contributed by atoms with Gasteiger partial charge in [-0.15, -0.1) is 0 Å². The summed E-state index contributed by atoms with van der Waals surface area (Å²) in [6.45, 7) is 7.03. The Kier molecular flexibility index (Phi) is 5.56. The number of nitrogens with one attached hydrogen (secondary N) is 1. The molecule has 0 bridgehead atoms. The van der Waals surface area contributed by atoms with E-state index in [0.717, 1.165) is 24.2 Å². The summed E-state index contributed by atoms with van der Waals surface area (Å²) < 4.78 is 0. The molecule has 26 heavy (non-hydrogen) atoms. The number of carbonyl (C=O) groups is 2. The summed E-state index contributed by atoms with van der Waals surface area (Å²) in [6.07, 6.45) is 0. The topological polar surface area (TPSA) is 52.7 Å². The zero-order chi connectivity index (χ0) is 18.5. The van der Waals surface area contributed by atoms with Gasteiger partial charge in [-0.25, -0.2) is 0 Å². The molecule has 2 aromatic carbocycles. The zero-order valence-electron chi connectivity index (χ0n) is 15.4. The number of hydrogen-bond acceptors (Lipinski definition) is 3. The molecular formula is C21H25N3O2. The summed E-state index contributed by atoms with van der Waals surface area (Å²) >= 11 is 0. The number of aryl methyl sites for hydroxylation is 2. The first-order valence-electron chi connectivity index (χ1n) is 8.98. The lowest BCUT2D eigenvalue weighted by Crippen LogP contribution is -2.52. The van der Waals surface area contributed by atoms with Crippen LogP contribution in [0.3, 0.4) is 0 Å². The second-order valence-corrected chi connectivity index (χ2v) is 6.73. The predicted molar refractivity (Wildman–Crippen MR) is 103 cm³/mol. The Morgan fingerprint density at radius 2 is 1.69 bits per heavy atom. The summed E-state index contributed by atoms with van der Waals surface area (Å²) in [7, 11) is 0. The highest BCUT2D eigenvalue weighted by atomic mass is 16.2. The lowest BCUT2D eigenvalue weighted by molar-refractivity contribution is -0.146. The van der Waals surface area contributed by atoms with Crippen LogP contribution in [0.2, 0.25) is 0 Å². The van der Waals surface area contributed by atoms with Gasteiger partial charge in [0.15, 0.2) is 0 Å². The van der Waals surface area contributed by atoms with Crippen molar-refractivity contribution in [3.8, 4) is 0 Å². The summed E-state index contributed by atoms with van der Waals surface area (Å²) in [5.74, 6) is -0.972. The van der Waals surface area contributed by atoms with Gasteiger partial charge < -0.3 is 15.1 Å². The average molecular weight is 351 g/mol. The first-order valence-corrected chi connectivity index (χ1v) is 8.98. The largest absolute Gasteiger partial charge is 0.368 e. The van der Waals surface area contributed by atoms with Gasteiger partial charge in [0.2, 0.25) is 0 Å². The van der Waals surface area contributed by atoms with Gasteiger partial charge in [0, 0.05) is 38.4 Å². The van der Waals surface area contributed by atoms with Crippen LogP contribution in [-0.2, 0) is 16.1 Å². The van der Waals surface area contributed by atoms with E-state index in [-0.39, 0.29) is 0 Å². The number of hydrogen-bond donors (Lipinski definition) is 1. The van der Waals surface area contributed by atoms with E-state index in [4.69, 9.17) is 0 Å². The highest BCUT2D eigenvalue weighted by Gasteiger charge is 2.26. The van der Waals surface area contributed by atoms with Gasteiger partial charge in [-0.2, -0.15) is 0 Å². The van der Waals surface area contributed by atoms with Gasteiger partial charge in [-0.3, -0.25) is 9.59 Å². The van der Waals surface area contributed by atoms with E-state index in [9.17, 15) is 9.59 Å². The van der Waals surface area contributed by atoms with Gasteiger partial charge in [0.05, 0.1) is 0 Å². The van der Waals surface area contributed by atoms with Gasteiger partial charge in [0.1, 0.15) is 0 Å². The lowest BCUT2D eigenvalue weighted by atomic mass is 10.1. The Morgan fingerprint density at radius 3 is 2.38 bits per heavy atom. The van der Waals surface area contributed by atoms with Crippen LogP contribution >= 0.6 is 0 Å². The molecule has 1 fully saturated rings. The number of piperazine rings is 1. The standard InChI is InChI=1S/C21H25N3O2/c1-16-6-5-9-19(14-16)23-10-12-24(13-11-23)21(26)20(25)22-15-18-8-4-3-7-17(18)2/h3-9,14H,10-13,15H2,1-2H3,(H,22,25). The van der Waals surface area contributed by atoms with Crippen LogP contribution in [-0.4, -0.2) is 42.9 Å². The fraction of sp³-hybridized carbons (Fsp3) is 0.333. The Hall–Kier alpha value is -2.82. The van der Waals surface area contributed by atoms with Crippen molar-refractivity contribution < 1.29 is 9.59 Å². The van der Waals surface area contributed by atoms with Crippen molar-refractivity contribution in [1.29, 1.82) is 0 Å². The van der Waals surface area contributed by atoms with Crippen LogP contribution < -0.4 is 10.2 Å². The lowest BCUT2D eigenvalue weighted by Gasteiger charge is -2.35. The molecule has 2 aromatic rings. The summed E-state index contributed by atoms with van der Waals surface area (Å²) in [5, 5.41) is 2.74. The van der Waals surface area contributed by atoms with Gasteiger partial charge >= 0.3 is 11.8 Å². The van der Waals surface area contributed by atoms with Crippen molar-refractivity contribution in [3.05, 3.63) is 65.2 Å². The van der Waals surface area contributed by atoms with E-state index in [1.54, 1.807) is 4.90 Å². The Bertz CT molecular complexity index is 795. The van der Waals surface area contributed by atoms with E-state index in [0.29, 0.717) is 19.6 Å².